The van der Waals surface area contributed by atoms with Gasteiger partial charge in [-0.2, -0.15) is 0 Å². The monoisotopic (exact) mass is 411 g/mol. The normalized spacial score (nSPS) is 18.6. The topological polar surface area (TPSA) is 66.1 Å². The molecule has 0 aromatic carbocycles. The van der Waals surface area contributed by atoms with E-state index in [2.05, 4.69) is 9.55 Å². The molecule has 7 heteroatoms. The van der Waals surface area contributed by atoms with Gasteiger partial charge in [-0.1, -0.05) is 0 Å². The van der Waals surface area contributed by atoms with Gasteiger partial charge in [0.25, 0.3) is 5.56 Å². The Hall–Kier alpha value is -2.25. The van der Waals surface area contributed by atoms with E-state index in [0.717, 1.165) is 72.4 Å². The van der Waals surface area contributed by atoms with Crippen LogP contribution >= 0.6 is 11.3 Å². The molecule has 0 unspecified atom stereocenters. The maximum Gasteiger partial charge on any atom is 0.262 e. The van der Waals surface area contributed by atoms with Gasteiger partial charge >= 0.3 is 0 Å². The van der Waals surface area contributed by atoms with Gasteiger partial charge in [0.1, 0.15) is 4.83 Å². The number of carbonyl (C=O) groups is 1. The van der Waals surface area contributed by atoms with Gasteiger partial charge in [0.2, 0.25) is 0 Å². The van der Waals surface area contributed by atoms with Gasteiger partial charge in [-0.05, 0) is 57.6 Å². The van der Waals surface area contributed by atoms with Crippen molar-refractivity contribution in [2.24, 2.45) is 0 Å². The molecule has 152 valence electrons. The largest absolute Gasteiger partial charge is 0.376 e. The molecule has 0 N–H and O–H groups in total. The Balaban J connectivity index is 1.43. The fourth-order valence-corrected chi connectivity index (χ4v) is 5.95. The molecule has 3 aromatic rings. The van der Waals surface area contributed by atoms with Gasteiger partial charge in [-0.3, -0.25) is 14.2 Å². The number of thiophene rings is 1. The molecule has 2 aliphatic rings. The number of ether oxygens (including phenoxy) is 1. The number of rotatable bonds is 5. The Bertz CT molecular complexity index is 1160. The van der Waals surface area contributed by atoms with E-state index in [4.69, 9.17) is 4.74 Å². The Labute approximate surface area is 173 Å². The highest BCUT2D eigenvalue weighted by molar-refractivity contribution is 7.18. The molecule has 0 saturated carbocycles. The van der Waals surface area contributed by atoms with E-state index in [1.54, 1.807) is 11.3 Å². The van der Waals surface area contributed by atoms with Crippen molar-refractivity contribution in [3.8, 4) is 0 Å². The zero-order valence-electron chi connectivity index (χ0n) is 16.9. The molecule has 0 amide bonds. The second kappa shape index (κ2) is 7.22. The molecule has 5 rings (SSSR count). The van der Waals surface area contributed by atoms with Crippen LogP contribution < -0.4 is 5.56 Å². The fourth-order valence-electron chi connectivity index (χ4n) is 4.73. The summed E-state index contributed by atoms with van der Waals surface area (Å²) in [4.78, 5) is 32.7. The summed E-state index contributed by atoms with van der Waals surface area (Å²) >= 11 is 1.62. The van der Waals surface area contributed by atoms with Crippen LogP contribution in [0, 0.1) is 13.8 Å². The van der Waals surface area contributed by atoms with Crippen molar-refractivity contribution < 1.29 is 9.53 Å². The number of carbonyl (C=O) groups excluding carboxylic acids is 1. The summed E-state index contributed by atoms with van der Waals surface area (Å²) in [5.41, 5.74) is 3.75. The van der Waals surface area contributed by atoms with Crippen molar-refractivity contribution in [1.82, 2.24) is 14.1 Å². The lowest BCUT2D eigenvalue weighted by Gasteiger charge is -2.14. The SMILES string of the molecule is Cc1cc(C(=O)Cn2cnc3sc4c(c3c2=O)CCC4)c(C)n1C[C@H]1CCCO1. The van der Waals surface area contributed by atoms with Gasteiger partial charge < -0.3 is 9.30 Å². The Kier molecular flexibility index (Phi) is 4.67. The second-order valence-corrected chi connectivity index (χ2v) is 9.25. The molecule has 4 heterocycles. The highest BCUT2D eigenvalue weighted by Gasteiger charge is 2.24. The van der Waals surface area contributed by atoms with Gasteiger partial charge in [0, 0.05) is 35.0 Å². The molecule has 1 aliphatic carbocycles. The average molecular weight is 412 g/mol. The molecule has 0 bridgehead atoms. The molecule has 29 heavy (non-hydrogen) atoms. The van der Waals surface area contributed by atoms with E-state index < -0.39 is 0 Å². The third kappa shape index (κ3) is 3.16. The fraction of sp³-hybridized carbons (Fsp3) is 0.500. The van der Waals surface area contributed by atoms with Crippen LogP contribution in [0.15, 0.2) is 17.2 Å². The van der Waals surface area contributed by atoms with Crippen LogP contribution in [0.4, 0.5) is 0 Å². The minimum atomic E-state index is -0.0871. The van der Waals surface area contributed by atoms with Crippen molar-refractivity contribution in [2.75, 3.05) is 6.61 Å². The molecule has 0 spiro atoms. The first kappa shape index (κ1) is 18.8. The Morgan fingerprint density at radius 2 is 2.17 bits per heavy atom. The maximum atomic E-state index is 13.1. The van der Waals surface area contributed by atoms with Gasteiger partial charge in [-0.15, -0.1) is 11.3 Å². The van der Waals surface area contributed by atoms with Crippen molar-refractivity contribution >= 4 is 27.3 Å². The van der Waals surface area contributed by atoms with Crippen LogP contribution in [0.3, 0.4) is 0 Å². The first-order valence-electron chi connectivity index (χ1n) is 10.3. The third-order valence-corrected chi connectivity index (χ3v) is 7.49. The highest BCUT2D eigenvalue weighted by atomic mass is 32.1. The van der Waals surface area contributed by atoms with Crippen molar-refractivity contribution in [2.45, 2.75) is 65.1 Å². The second-order valence-electron chi connectivity index (χ2n) is 8.17. The minimum absolute atomic E-state index is 0.0244. The molecule has 1 aliphatic heterocycles. The number of aryl methyl sites for hydroxylation is 3. The van der Waals surface area contributed by atoms with E-state index >= 15 is 0 Å². The average Bonchev–Trinajstić information content (AvgIpc) is 3.45. The molecule has 3 aromatic heterocycles. The summed E-state index contributed by atoms with van der Waals surface area (Å²) < 4.78 is 9.40. The lowest BCUT2D eigenvalue weighted by molar-refractivity contribution is 0.0948. The molecular formula is C22H25N3O3S. The van der Waals surface area contributed by atoms with Crippen molar-refractivity contribution in [3.63, 3.8) is 0 Å². The first-order valence-corrected chi connectivity index (χ1v) is 11.2. The van der Waals surface area contributed by atoms with E-state index in [9.17, 15) is 9.59 Å². The number of aromatic nitrogens is 3. The zero-order valence-corrected chi connectivity index (χ0v) is 17.7. The first-order chi connectivity index (χ1) is 14.0. The number of hydrogen-bond acceptors (Lipinski definition) is 5. The van der Waals surface area contributed by atoms with Crippen molar-refractivity contribution in [1.29, 1.82) is 0 Å². The van der Waals surface area contributed by atoms with Gasteiger partial charge in [-0.25, -0.2) is 4.98 Å². The lowest BCUT2D eigenvalue weighted by Crippen LogP contribution is -2.25. The summed E-state index contributed by atoms with van der Waals surface area (Å²) in [6, 6.07) is 1.94. The van der Waals surface area contributed by atoms with Crippen molar-refractivity contribution in [3.05, 3.63) is 50.1 Å². The minimum Gasteiger partial charge on any atom is -0.376 e. The summed E-state index contributed by atoms with van der Waals surface area (Å²) in [6.07, 6.45) is 6.98. The molecule has 1 atom stereocenters. The van der Waals surface area contributed by atoms with E-state index in [-0.39, 0.29) is 24.0 Å². The number of Topliss-reactive ketones (excluding diaryl/α,β-unsaturated/α-hetero) is 1. The zero-order chi connectivity index (χ0) is 20.1. The van der Waals surface area contributed by atoms with Gasteiger partial charge in [0.15, 0.2) is 5.78 Å². The summed E-state index contributed by atoms with van der Waals surface area (Å²) in [7, 11) is 0. The van der Waals surface area contributed by atoms with Crippen LogP contribution in [0.2, 0.25) is 0 Å². The quantitative estimate of drug-likeness (QED) is 0.604. The number of ketones is 1. The predicted molar refractivity (Wildman–Crippen MR) is 113 cm³/mol. The van der Waals surface area contributed by atoms with Crippen LogP contribution in [0.1, 0.15) is 51.4 Å². The Morgan fingerprint density at radius 3 is 2.97 bits per heavy atom. The van der Waals surface area contributed by atoms with E-state index in [0.29, 0.717) is 5.56 Å². The van der Waals surface area contributed by atoms with Crippen LogP contribution in [0.25, 0.3) is 10.2 Å². The molecule has 1 saturated heterocycles. The van der Waals surface area contributed by atoms with Crippen LogP contribution in [-0.2, 0) is 30.7 Å². The highest BCUT2D eigenvalue weighted by Crippen LogP contribution is 2.34. The predicted octanol–water partition coefficient (Wildman–Crippen LogP) is 3.43. The summed E-state index contributed by atoms with van der Waals surface area (Å²) in [5.74, 6) is -0.0492. The molecule has 1 fully saturated rings. The summed E-state index contributed by atoms with van der Waals surface area (Å²) in [5, 5.41) is 0.724. The molecule has 6 nitrogen and oxygen atoms in total. The maximum absolute atomic E-state index is 13.1. The number of hydrogen-bond donors (Lipinski definition) is 0. The van der Waals surface area contributed by atoms with E-state index in [1.165, 1.54) is 15.8 Å². The standard InChI is InChI=1S/C22H25N3O3S/c1-13-9-17(14(2)25(13)10-15-5-4-8-28-15)18(26)11-24-12-23-21-20(22(24)27)16-6-3-7-19(16)29-21/h9,12,15H,3-8,10-11H2,1-2H3/t15-/m1/s1. The number of nitrogens with zero attached hydrogens (tertiary/aromatic N) is 3. The van der Waals surface area contributed by atoms with Gasteiger partial charge in [0.05, 0.1) is 24.4 Å². The van der Waals surface area contributed by atoms with Crippen LogP contribution in [-0.4, -0.2) is 32.6 Å². The van der Waals surface area contributed by atoms with Crippen LogP contribution in [0.5, 0.6) is 0 Å². The lowest BCUT2D eigenvalue weighted by atomic mass is 10.1. The summed E-state index contributed by atoms with van der Waals surface area (Å²) in [6.45, 7) is 5.62. The number of fused-ring (bicyclic) bond motifs is 3. The third-order valence-electron chi connectivity index (χ3n) is 6.29. The van der Waals surface area contributed by atoms with E-state index in [1.807, 2.05) is 19.9 Å². The molecule has 0 radical (unpaired) electrons. The molecular weight excluding hydrogens is 386 g/mol. The smallest absolute Gasteiger partial charge is 0.262 e. The Morgan fingerprint density at radius 1 is 1.31 bits per heavy atom.